The number of anilines is 1. The molecule has 0 spiro atoms. The molecule has 0 aliphatic carbocycles. The monoisotopic (exact) mass is 419 g/mol. The van der Waals surface area contributed by atoms with Crippen LogP contribution in [0.3, 0.4) is 0 Å². The maximum absolute atomic E-state index is 13.2. The molecule has 1 fully saturated rings. The Balaban J connectivity index is 1.65. The summed E-state index contributed by atoms with van der Waals surface area (Å²) in [6, 6.07) is 12.5. The second-order valence-corrected chi connectivity index (χ2v) is 6.65. The number of ether oxygens (including phenoxy) is 2. The van der Waals surface area contributed by atoms with Gasteiger partial charge in [-0.3, -0.25) is 0 Å². The quantitative estimate of drug-likeness (QED) is 0.519. The van der Waals surface area contributed by atoms with E-state index in [0.717, 1.165) is 11.6 Å². The van der Waals surface area contributed by atoms with Crippen LogP contribution in [-0.2, 0) is 15.8 Å². The third kappa shape index (κ3) is 5.02. The van der Waals surface area contributed by atoms with Crippen LogP contribution in [0.4, 0.5) is 18.9 Å². The van der Waals surface area contributed by atoms with Crippen molar-refractivity contribution in [3.8, 4) is 11.8 Å². The van der Waals surface area contributed by atoms with Crippen molar-refractivity contribution in [1.29, 1.82) is 5.26 Å². The Hall–Kier alpha value is -3.25. The summed E-state index contributed by atoms with van der Waals surface area (Å²) in [5.74, 6) is 0.636. The Kier molecular flexibility index (Phi) is 6.47. The highest BCUT2D eigenvalue weighted by atomic mass is 19.4. The Morgan fingerprint density at radius 2 is 2.00 bits per heavy atom. The Morgan fingerprint density at radius 1 is 1.27 bits per heavy atom. The fourth-order valence-electron chi connectivity index (χ4n) is 3.17. The first-order chi connectivity index (χ1) is 14.3. The maximum Gasteiger partial charge on any atom is 0.417 e. The van der Waals surface area contributed by atoms with E-state index < -0.39 is 23.5 Å². The van der Waals surface area contributed by atoms with Crippen molar-refractivity contribution in [1.82, 2.24) is 0 Å². The van der Waals surface area contributed by atoms with Gasteiger partial charge in [0.2, 0.25) is 0 Å². The lowest BCUT2D eigenvalue weighted by Gasteiger charge is -2.23. The number of rotatable bonds is 6. The van der Waals surface area contributed by atoms with Crippen molar-refractivity contribution >= 4 is 11.9 Å². The van der Waals surface area contributed by atoms with E-state index in [9.17, 15) is 13.2 Å². The van der Waals surface area contributed by atoms with Crippen molar-refractivity contribution < 1.29 is 27.5 Å². The summed E-state index contributed by atoms with van der Waals surface area (Å²) in [5.41, 5.74) is -0.162. The predicted molar refractivity (Wildman–Crippen MR) is 104 cm³/mol. The van der Waals surface area contributed by atoms with Gasteiger partial charge in [0, 0.05) is 5.69 Å². The molecule has 1 saturated heterocycles. The van der Waals surface area contributed by atoms with Gasteiger partial charge in [0.1, 0.15) is 31.8 Å². The molecule has 0 unspecified atom stereocenters. The number of hydrogen-bond acceptors (Lipinski definition) is 6. The molecule has 0 bridgehead atoms. The molecule has 158 valence electrons. The molecule has 2 aromatic rings. The zero-order valence-corrected chi connectivity index (χ0v) is 16.4. The lowest BCUT2D eigenvalue weighted by Crippen LogP contribution is -2.28. The summed E-state index contributed by atoms with van der Waals surface area (Å²) in [7, 11) is 1.46. The molecule has 2 aromatic carbocycles. The van der Waals surface area contributed by atoms with Gasteiger partial charge in [-0.1, -0.05) is 5.16 Å². The first kappa shape index (κ1) is 21.5. The second kappa shape index (κ2) is 9.05. The van der Waals surface area contributed by atoms with Crippen LogP contribution in [0.5, 0.6) is 5.75 Å². The van der Waals surface area contributed by atoms with Crippen molar-refractivity contribution in [3.63, 3.8) is 0 Å². The molecule has 6 nitrogen and oxygen atoms in total. The molecular weight excluding hydrogens is 399 g/mol. The van der Waals surface area contributed by atoms with Gasteiger partial charge in [-0.05, 0) is 55.0 Å². The van der Waals surface area contributed by atoms with Crippen molar-refractivity contribution in [3.05, 3.63) is 59.2 Å². The molecule has 0 saturated carbocycles. The lowest BCUT2D eigenvalue weighted by atomic mass is 10.1. The molecule has 30 heavy (non-hydrogen) atoms. The number of halogens is 3. The van der Waals surface area contributed by atoms with Gasteiger partial charge >= 0.3 is 6.18 Å². The third-order valence-electron chi connectivity index (χ3n) is 4.61. The van der Waals surface area contributed by atoms with Crippen molar-refractivity contribution in [2.45, 2.75) is 25.4 Å². The Bertz CT molecular complexity index is 939. The van der Waals surface area contributed by atoms with Crippen LogP contribution in [0.15, 0.2) is 47.6 Å². The lowest BCUT2D eigenvalue weighted by molar-refractivity contribution is -0.137. The smallest absolute Gasteiger partial charge is 0.417 e. The number of alkyl halides is 3. The first-order valence-electron chi connectivity index (χ1n) is 9.14. The molecule has 0 N–H and O–H groups in total. The van der Waals surface area contributed by atoms with Crippen LogP contribution in [0.25, 0.3) is 0 Å². The topological polar surface area (TPSA) is 67.1 Å². The summed E-state index contributed by atoms with van der Waals surface area (Å²) in [4.78, 5) is 6.34. The number of oxime groups is 1. The molecule has 0 amide bonds. The van der Waals surface area contributed by atoms with Gasteiger partial charge in [0.15, 0.2) is 0 Å². The summed E-state index contributed by atoms with van der Waals surface area (Å²) in [5, 5.41) is 12.6. The van der Waals surface area contributed by atoms with E-state index in [0.29, 0.717) is 18.0 Å². The molecule has 1 aliphatic heterocycles. The highest BCUT2D eigenvalue weighted by Gasteiger charge is 2.36. The molecule has 0 aromatic heterocycles. The summed E-state index contributed by atoms with van der Waals surface area (Å²) in [6.45, 7) is 2.37. The van der Waals surface area contributed by atoms with Gasteiger partial charge in [0.25, 0.3) is 0 Å². The van der Waals surface area contributed by atoms with Gasteiger partial charge in [-0.2, -0.15) is 18.4 Å². The van der Waals surface area contributed by atoms with E-state index in [1.165, 1.54) is 19.2 Å². The first-order valence-corrected chi connectivity index (χ1v) is 9.14. The minimum atomic E-state index is -4.60. The normalized spacial score (nSPS) is 19.1. The Morgan fingerprint density at radius 3 is 2.63 bits per heavy atom. The van der Waals surface area contributed by atoms with Gasteiger partial charge in [-0.15, -0.1) is 0 Å². The fourth-order valence-corrected chi connectivity index (χ4v) is 3.17. The predicted octanol–water partition coefficient (Wildman–Crippen LogP) is 4.19. The van der Waals surface area contributed by atoms with Crippen LogP contribution in [0.2, 0.25) is 0 Å². The number of benzene rings is 2. The number of hydrogen-bond donors (Lipinski definition) is 0. The summed E-state index contributed by atoms with van der Waals surface area (Å²) in [6.07, 6.45) is -3.79. The van der Waals surface area contributed by atoms with Crippen molar-refractivity contribution in [2.75, 3.05) is 25.2 Å². The molecule has 3 rings (SSSR count). The highest BCUT2D eigenvalue weighted by molar-refractivity contribution is 5.79. The molecule has 1 aliphatic rings. The average Bonchev–Trinajstić information content (AvgIpc) is 3.11. The second-order valence-electron chi connectivity index (χ2n) is 6.65. The van der Waals surface area contributed by atoms with Gasteiger partial charge in [0.05, 0.1) is 30.0 Å². The van der Waals surface area contributed by atoms with Gasteiger partial charge < -0.3 is 19.2 Å². The number of nitriles is 1. The summed E-state index contributed by atoms with van der Waals surface area (Å²) >= 11 is 0. The molecule has 0 radical (unpaired) electrons. The maximum atomic E-state index is 13.2. The van der Waals surface area contributed by atoms with E-state index in [-0.39, 0.29) is 12.7 Å². The standard InChI is InChI=1S/C21H20F3N3O3/c1-14-27(17-6-5-16(10-25)20(9-17)21(22,23)24)12-19(30-14)13-29-18-7-3-15(4-8-18)11-26-28-2/h3-9,11,14,19H,12-13H2,1-2H3/b26-11+/t14-,19+/m1/s1. The zero-order chi connectivity index (χ0) is 21.7. The minimum absolute atomic E-state index is 0.245. The largest absolute Gasteiger partial charge is 0.491 e. The Labute approximate surface area is 172 Å². The minimum Gasteiger partial charge on any atom is -0.491 e. The van der Waals surface area contributed by atoms with E-state index in [4.69, 9.17) is 14.7 Å². The van der Waals surface area contributed by atoms with Gasteiger partial charge in [-0.25, -0.2) is 0 Å². The van der Waals surface area contributed by atoms with Crippen LogP contribution in [0, 0.1) is 11.3 Å². The highest BCUT2D eigenvalue weighted by Crippen LogP contribution is 2.36. The summed E-state index contributed by atoms with van der Waals surface area (Å²) < 4.78 is 51.3. The number of nitrogens with zero attached hydrogens (tertiary/aromatic N) is 3. The zero-order valence-electron chi connectivity index (χ0n) is 16.4. The fraction of sp³-hybridized carbons (Fsp3) is 0.333. The van der Waals surface area contributed by atoms with Crippen LogP contribution < -0.4 is 9.64 Å². The third-order valence-corrected chi connectivity index (χ3v) is 4.61. The van der Waals surface area contributed by atoms with E-state index in [1.54, 1.807) is 36.2 Å². The van der Waals surface area contributed by atoms with Crippen molar-refractivity contribution in [2.24, 2.45) is 5.16 Å². The van der Waals surface area contributed by atoms with Crippen LogP contribution in [-0.4, -0.2) is 38.8 Å². The molecule has 1 heterocycles. The van der Waals surface area contributed by atoms with E-state index >= 15 is 0 Å². The average molecular weight is 419 g/mol. The van der Waals surface area contributed by atoms with E-state index in [1.807, 2.05) is 12.1 Å². The molecule has 2 atom stereocenters. The molecule has 9 heteroatoms. The van der Waals surface area contributed by atoms with Crippen LogP contribution >= 0.6 is 0 Å². The van der Waals surface area contributed by atoms with Crippen LogP contribution in [0.1, 0.15) is 23.6 Å². The SMILES string of the molecule is CO/N=C/c1ccc(OC[C@@H]2CN(c3ccc(C#N)c(C(F)(F)F)c3)[C@@H](C)O2)cc1. The molecular formula is C21H20F3N3O3. The van der Waals surface area contributed by atoms with E-state index in [2.05, 4.69) is 9.99 Å².